The van der Waals surface area contributed by atoms with Crippen molar-refractivity contribution in [2.45, 2.75) is 19.4 Å². The van der Waals surface area contributed by atoms with E-state index in [1.54, 1.807) is 0 Å². The molecule has 0 aromatic carbocycles. The minimum absolute atomic E-state index is 0.0394. The molecule has 0 aromatic rings. The molecule has 1 unspecified atom stereocenters. The van der Waals surface area contributed by atoms with Crippen LogP contribution in [0.15, 0.2) is 0 Å². The Bertz CT molecular complexity index is 170. The normalized spacial score (nSPS) is 30.3. The van der Waals surface area contributed by atoms with Gasteiger partial charge in [-0.15, -0.1) is 0 Å². The Kier molecular flexibility index (Phi) is 2.24. The maximum atomic E-state index is 10.9. The van der Waals surface area contributed by atoms with E-state index in [1.165, 1.54) is 6.92 Å². The number of Topliss-reactive ketones (excluding diaryl/α,β-unsaturated/α-hetero) is 1. The number of rotatable bonds is 2. The van der Waals surface area contributed by atoms with Gasteiger partial charge >= 0.3 is 5.97 Å². The van der Waals surface area contributed by atoms with Gasteiger partial charge in [-0.1, -0.05) is 0 Å². The van der Waals surface area contributed by atoms with E-state index in [1.807, 2.05) is 0 Å². The maximum absolute atomic E-state index is 10.9. The zero-order valence-corrected chi connectivity index (χ0v) is 6.33. The Morgan fingerprint density at radius 2 is 2.18 bits per heavy atom. The topological polar surface area (TPSA) is 66.4 Å². The highest BCUT2D eigenvalue weighted by Gasteiger charge is 2.35. The van der Waals surface area contributed by atoms with E-state index in [2.05, 4.69) is 5.32 Å². The quantitative estimate of drug-likeness (QED) is 0.574. The van der Waals surface area contributed by atoms with E-state index in [-0.39, 0.29) is 11.7 Å². The zero-order valence-electron chi connectivity index (χ0n) is 6.33. The van der Waals surface area contributed by atoms with Crippen LogP contribution in [0.3, 0.4) is 0 Å². The van der Waals surface area contributed by atoms with E-state index in [0.717, 1.165) is 0 Å². The van der Waals surface area contributed by atoms with Crippen molar-refractivity contribution in [1.29, 1.82) is 0 Å². The smallest absolute Gasteiger partial charge is 0.321 e. The SMILES string of the molecule is CC(=O)C1CCN[C@@H]1C(=O)O. The largest absolute Gasteiger partial charge is 0.480 e. The third-order valence-electron chi connectivity index (χ3n) is 2.01. The number of carbonyl (C=O) groups is 2. The highest BCUT2D eigenvalue weighted by atomic mass is 16.4. The molecule has 11 heavy (non-hydrogen) atoms. The summed E-state index contributed by atoms with van der Waals surface area (Å²) >= 11 is 0. The molecular formula is C7H11NO3. The van der Waals surface area contributed by atoms with E-state index in [4.69, 9.17) is 5.11 Å². The fourth-order valence-electron chi connectivity index (χ4n) is 1.40. The standard InChI is InChI=1S/C7H11NO3/c1-4(9)5-2-3-8-6(5)7(10)11/h5-6,8H,2-3H2,1H3,(H,10,11)/t5?,6-/m0/s1. The van der Waals surface area contributed by atoms with Crippen molar-refractivity contribution in [3.05, 3.63) is 0 Å². The molecule has 0 saturated carbocycles. The number of nitrogens with one attached hydrogen (secondary N) is 1. The van der Waals surface area contributed by atoms with Crippen LogP contribution in [0.4, 0.5) is 0 Å². The second kappa shape index (κ2) is 3.00. The van der Waals surface area contributed by atoms with Crippen molar-refractivity contribution in [2.75, 3.05) is 6.54 Å². The van der Waals surface area contributed by atoms with Crippen molar-refractivity contribution in [3.63, 3.8) is 0 Å². The van der Waals surface area contributed by atoms with E-state index in [9.17, 15) is 9.59 Å². The Morgan fingerprint density at radius 1 is 1.55 bits per heavy atom. The van der Waals surface area contributed by atoms with Gasteiger partial charge in [0.1, 0.15) is 11.8 Å². The summed E-state index contributed by atoms with van der Waals surface area (Å²) in [4.78, 5) is 21.4. The first-order valence-corrected chi connectivity index (χ1v) is 3.59. The molecule has 2 atom stereocenters. The molecule has 0 aliphatic carbocycles. The molecule has 1 fully saturated rings. The Balaban J connectivity index is 2.65. The molecule has 1 aliphatic heterocycles. The first kappa shape index (κ1) is 8.20. The van der Waals surface area contributed by atoms with Gasteiger partial charge in [0, 0.05) is 5.92 Å². The average molecular weight is 157 g/mol. The van der Waals surface area contributed by atoms with Gasteiger partial charge in [-0.25, -0.2) is 0 Å². The Hall–Kier alpha value is -0.900. The fourth-order valence-corrected chi connectivity index (χ4v) is 1.40. The summed E-state index contributed by atoms with van der Waals surface area (Å²) in [5.74, 6) is -1.29. The lowest BCUT2D eigenvalue weighted by atomic mass is 9.97. The summed E-state index contributed by atoms with van der Waals surface area (Å²) in [6, 6.07) is -0.660. The summed E-state index contributed by atoms with van der Waals surface area (Å²) in [5.41, 5.74) is 0. The lowest BCUT2D eigenvalue weighted by molar-refractivity contribution is -0.142. The molecular weight excluding hydrogens is 146 g/mol. The van der Waals surface area contributed by atoms with E-state index < -0.39 is 12.0 Å². The van der Waals surface area contributed by atoms with Crippen molar-refractivity contribution >= 4 is 11.8 Å². The lowest BCUT2D eigenvalue weighted by Gasteiger charge is -2.10. The molecule has 0 spiro atoms. The van der Waals surface area contributed by atoms with Crippen LogP contribution in [-0.4, -0.2) is 29.4 Å². The molecule has 1 heterocycles. The van der Waals surface area contributed by atoms with E-state index >= 15 is 0 Å². The molecule has 62 valence electrons. The van der Waals surface area contributed by atoms with Crippen molar-refractivity contribution in [3.8, 4) is 0 Å². The van der Waals surface area contributed by atoms with Crippen LogP contribution in [0.25, 0.3) is 0 Å². The minimum Gasteiger partial charge on any atom is -0.480 e. The third-order valence-corrected chi connectivity index (χ3v) is 2.01. The molecule has 1 saturated heterocycles. The predicted molar refractivity (Wildman–Crippen MR) is 38.2 cm³/mol. The third kappa shape index (κ3) is 1.57. The first-order chi connectivity index (χ1) is 5.13. The monoisotopic (exact) mass is 157 g/mol. The van der Waals surface area contributed by atoms with Crippen molar-refractivity contribution in [1.82, 2.24) is 5.32 Å². The minimum atomic E-state index is -0.928. The molecule has 1 rings (SSSR count). The molecule has 0 bridgehead atoms. The Labute approximate surface area is 64.6 Å². The molecule has 0 radical (unpaired) electrons. The van der Waals surface area contributed by atoms with Gasteiger partial charge in [0.2, 0.25) is 0 Å². The van der Waals surface area contributed by atoms with Gasteiger partial charge < -0.3 is 10.4 Å². The second-order valence-corrected chi connectivity index (χ2v) is 2.78. The van der Waals surface area contributed by atoms with Gasteiger partial charge in [0.05, 0.1) is 0 Å². The van der Waals surface area contributed by atoms with Gasteiger partial charge in [-0.2, -0.15) is 0 Å². The van der Waals surface area contributed by atoms with Gasteiger partial charge in [-0.3, -0.25) is 9.59 Å². The zero-order chi connectivity index (χ0) is 8.43. The van der Waals surface area contributed by atoms with Crippen LogP contribution in [0.2, 0.25) is 0 Å². The van der Waals surface area contributed by atoms with Crippen LogP contribution in [-0.2, 0) is 9.59 Å². The number of hydrogen-bond acceptors (Lipinski definition) is 3. The summed E-state index contributed by atoms with van der Waals surface area (Å²) in [5, 5.41) is 11.4. The molecule has 2 N–H and O–H groups in total. The predicted octanol–water partition coefficient (Wildman–Crippen LogP) is -0.362. The van der Waals surface area contributed by atoms with Crippen LogP contribution in [0, 0.1) is 5.92 Å². The first-order valence-electron chi connectivity index (χ1n) is 3.59. The maximum Gasteiger partial charge on any atom is 0.321 e. The molecule has 4 heteroatoms. The summed E-state index contributed by atoms with van der Waals surface area (Å²) < 4.78 is 0. The molecule has 4 nitrogen and oxygen atoms in total. The van der Waals surface area contributed by atoms with Crippen LogP contribution >= 0.6 is 0 Å². The van der Waals surface area contributed by atoms with Crippen LogP contribution in [0.5, 0.6) is 0 Å². The highest BCUT2D eigenvalue weighted by Crippen LogP contribution is 2.16. The number of ketones is 1. The van der Waals surface area contributed by atoms with Crippen molar-refractivity contribution in [2.24, 2.45) is 5.92 Å². The summed E-state index contributed by atoms with van der Waals surface area (Å²) in [6.07, 6.45) is 0.645. The molecule has 1 aliphatic rings. The Morgan fingerprint density at radius 3 is 2.55 bits per heavy atom. The average Bonchev–Trinajstić information content (AvgIpc) is 2.32. The van der Waals surface area contributed by atoms with Crippen LogP contribution < -0.4 is 5.32 Å². The summed E-state index contributed by atoms with van der Waals surface area (Å²) in [6.45, 7) is 2.06. The lowest BCUT2D eigenvalue weighted by Crippen LogP contribution is -2.37. The van der Waals surface area contributed by atoms with Crippen molar-refractivity contribution < 1.29 is 14.7 Å². The number of carboxylic acids is 1. The molecule has 0 aromatic heterocycles. The van der Waals surface area contributed by atoms with Gasteiger partial charge in [0.25, 0.3) is 0 Å². The summed E-state index contributed by atoms with van der Waals surface area (Å²) in [7, 11) is 0. The second-order valence-electron chi connectivity index (χ2n) is 2.78. The number of hydrogen-bond donors (Lipinski definition) is 2. The van der Waals surface area contributed by atoms with E-state index in [0.29, 0.717) is 13.0 Å². The van der Waals surface area contributed by atoms with Crippen LogP contribution in [0.1, 0.15) is 13.3 Å². The fraction of sp³-hybridized carbons (Fsp3) is 0.714. The number of aliphatic carboxylic acids is 1. The van der Waals surface area contributed by atoms with Gasteiger partial charge in [0.15, 0.2) is 0 Å². The molecule has 0 amide bonds. The number of carbonyl (C=O) groups excluding carboxylic acids is 1. The highest BCUT2D eigenvalue weighted by molar-refractivity contribution is 5.87. The number of carboxylic acid groups (broad SMARTS) is 1. The van der Waals surface area contributed by atoms with Gasteiger partial charge in [-0.05, 0) is 19.9 Å².